The van der Waals surface area contributed by atoms with Crippen LogP contribution in [0.1, 0.15) is 24.8 Å². The number of nitrogens with two attached hydrogens (primary N) is 1. The number of oxime groups is 1. The molecule has 2 aliphatic heterocycles. The van der Waals surface area contributed by atoms with Gasteiger partial charge in [0.1, 0.15) is 5.82 Å². The number of carbonyl (C=O) groups excluding carboxylic acids is 1. The smallest absolute Gasteiger partial charge is 0.266 e. The molecule has 0 spiro atoms. The molecule has 3 rings (SSSR count). The maximum Gasteiger partial charge on any atom is 0.266 e. The minimum Gasteiger partial charge on any atom is -0.381 e. The molecule has 0 aromatic heterocycles. The number of nitrogens with zero attached hydrogens (tertiary/aromatic N) is 2. The molecule has 2 heterocycles. The molecular weight excluding hydrogens is 301 g/mol. The van der Waals surface area contributed by atoms with Crippen molar-refractivity contribution in [1.82, 2.24) is 4.90 Å². The third kappa shape index (κ3) is 3.61. The molecule has 0 bridgehead atoms. The molecule has 7 heteroatoms. The van der Waals surface area contributed by atoms with Gasteiger partial charge in [-0.15, -0.1) is 0 Å². The fourth-order valence-electron chi connectivity index (χ4n) is 2.93. The summed E-state index contributed by atoms with van der Waals surface area (Å²) in [5.41, 5.74) is 6.36. The van der Waals surface area contributed by atoms with Gasteiger partial charge in [0.25, 0.3) is 5.91 Å². The van der Waals surface area contributed by atoms with Gasteiger partial charge in [-0.1, -0.05) is 5.16 Å². The number of hydrogen-bond acceptors (Lipinski definition) is 4. The summed E-state index contributed by atoms with van der Waals surface area (Å²) in [6, 6.07) is 5.85. The lowest BCUT2D eigenvalue weighted by atomic mass is 10.1. The van der Waals surface area contributed by atoms with Gasteiger partial charge in [-0.2, -0.15) is 0 Å². The number of amides is 1. The molecule has 0 aliphatic carbocycles. The van der Waals surface area contributed by atoms with E-state index in [1.54, 1.807) is 0 Å². The fraction of sp³-hybridized carbons (Fsp3) is 0.500. The summed E-state index contributed by atoms with van der Waals surface area (Å²) >= 11 is 0. The lowest BCUT2D eigenvalue weighted by Crippen LogP contribution is -2.42. The average Bonchev–Trinajstić information content (AvgIpc) is 2.95. The van der Waals surface area contributed by atoms with Crippen LogP contribution in [-0.2, 0) is 14.4 Å². The van der Waals surface area contributed by atoms with E-state index in [9.17, 15) is 9.18 Å². The van der Waals surface area contributed by atoms with Crippen LogP contribution in [0.3, 0.4) is 0 Å². The molecule has 2 aliphatic rings. The Kier molecular flexibility index (Phi) is 4.76. The molecule has 2 fully saturated rings. The molecule has 0 radical (unpaired) electrons. The average molecular weight is 321 g/mol. The van der Waals surface area contributed by atoms with E-state index in [4.69, 9.17) is 15.3 Å². The van der Waals surface area contributed by atoms with Gasteiger partial charge >= 0.3 is 0 Å². The van der Waals surface area contributed by atoms with Crippen molar-refractivity contribution in [3.8, 4) is 0 Å². The maximum absolute atomic E-state index is 12.9. The monoisotopic (exact) mass is 321 g/mol. The second kappa shape index (κ2) is 6.95. The minimum absolute atomic E-state index is 0.0486. The van der Waals surface area contributed by atoms with E-state index in [1.807, 2.05) is 4.90 Å². The molecule has 0 saturated carbocycles. The molecule has 0 unspecified atom stereocenters. The number of amidine groups is 1. The first-order valence-corrected chi connectivity index (χ1v) is 7.78. The highest BCUT2D eigenvalue weighted by Crippen LogP contribution is 2.23. The first-order chi connectivity index (χ1) is 11.1. The Bertz CT molecular complexity index is 585. The van der Waals surface area contributed by atoms with E-state index in [0.29, 0.717) is 31.7 Å². The first kappa shape index (κ1) is 15.7. The van der Waals surface area contributed by atoms with Crippen LogP contribution in [0.2, 0.25) is 0 Å². The van der Waals surface area contributed by atoms with Crippen molar-refractivity contribution in [3.05, 3.63) is 35.6 Å². The number of benzene rings is 1. The number of hydrogen-bond donors (Lipinski definition) is 1. The molecule has 1 atom stereocenters. The van der Waals surface area contributed by atoms with E-state index in [1.165, 1.54) is 24.3 Å². The first-order valence-electron chi connectivity index (χ1n) is 7.78. The van der Waals surface area contributed by atoms with Gasteiger partial charge in [0.15, 0.2) is 5.84 Å². The van der Waals surface area contributed by atoms with Crippen molar-refractivity contribution < 1.29 is 18.8 Å². The van der Waals surface area contributed by atoms with E-state index in [-0.39, 0.29) is 23.6 Å². The molecule has 2 saturated heterocycles. The Morgan fingerprint density at radius 3 is 2.65 bits per heavy atom. The fourth-order valence-corrected chi connectivity index (χ4v) is 2.93. The van der Waals surface area contributed by atoms with Crippen LogP contribution in [0.5, 0.6) is 0 Å². The molecule has 1 amide bonds. The van der Waals surface area contributed by atoms with Crippen molar-refractivity contribution in [1.29, 1.82) is 0 Å². The van der Waals surface area contributed by atoms with Crippen molar-refractivity contribution in [2.24, 2.45) is 10.9 Å². The van der Waals surface area contributed by atoms with Crippen molar-refractivity contribution in [2.45, 2.75) is 31.4 Å². The molecule has 23 heavy (non-hydrogen) atoms. The van der Waals surface area contributed by atoms with Crippen molar-refractivity contribution in [2.75, 3.05) is 19.8 Å². The Labute approximate surface area is 134 Å². The second-order valence-corrected chi connectivity index (χ2v) is 5.74. The Morgan fingerprint density at radius 1 is 1.26 bits per heavy atom. The quantitative estimate of drug-likeness (QED) is 0.514. The summed E-state index contributed by atoms with van der Waals surface area (Å²) in [4.78, 5) is 19.6. The molecule has 1 aromatic carbocycles. The highest BCUT2D eigenvalue weighted by molar-refractivity contribution is 5.97. The number of carbonyl (C=O) groups is 1. The Morgan fingerprint density at radius 2 is 1.96 bits per heavy atom. The second-order valence-electron chi connectivity index (χ2n) is 5.74. The van der Waals surface area contributed by atoms with Crippen molar-refractivity contribution in [3.63, 3.8) is 0 Å². The van der Waals surface area contributed by atoms with E-state index in [0.717, 1.165) is 12.8 Å². The summed E-state index contributed by atoms with van der Waals surface area (Å²) in [6.45, 7) is 2.05. The lowest BCUT2D eigenvalue weighted by Gasteiger charge is -2.30. The highest BCUT2D eigenvalue weighted by atomic mass is 19.1. The zero-order valence-corrected chi connectivity index (χ0v) is 12.8. The summed E-state index contributed by atoms with van der Waals surface area (Å²) in [6.07, 6.45) is 1.71. The van der Waals surface area contributed by atoms with Gasteiger partial charge in [-0.05, 0) is 37.1 Å². The van der Waals surface area contributed by atoms with Crippen molar-refractivity contribution >= 4 is 11.7 Å². The molecular formula is C16H20FN3O3. The van der Waals surface area contributed by atoms with E-state index >= 15 is 0 Å². The van der Waals surface area contributed by atoms with Gasteiger partial charge in [0, 0.05) is 37.8 Å². The van der Waals surface area contributed by atoms with E-state index in [2.05, 4.69) is 5.16 Å². The summed E-state index contributed by atoms with van der Waals surface area (Å²) in [7, 11) is 0. The number of ether oxygens (including phenoxy) is 1. The van der Waals surface area contributed by atoms with Gasteiger partial charge in [-0.3, -0.25) is 4.79 Å². The van der Waals surface area contributed by atoms with Crippen LogP contribution in [0.25, 0.3) is 0 Å². The number of likely N-dealkylation sites (tertiary alicyclic amines) is 1. The lowest BCUT2D eigenvalue weighted by molar-refractivity contribution is -0.140. The van der Waals surface area contributed by atoms with Crippen LogP contribution >= 0.6 is 0 Å². The number of rotatable bonds is 4. The van der Waals surface area contributed by atoms with Crippen LogP contribution in [-0.4, -0.2) is 48.5 Å². The van der Waals surface area contributed by atoms with Crippen LogP contribution in [0.4, 0.5) is 4.39 Å². The largest absolute Gasteiger partial charge is 0.381 e. The van der Waals surface area contributed by atoms with Crippen LogP contribution in [0.15, 0.2) is 29.4 Å². The number of halogens is 1. The van der Waals surface area contributed by atoms with Gasteiger partial charge in [0.2, 0.25) is 6.10 Å². The maximum atomic E-state index is 12.9. The van der Waals surface area contributed by atoms with Gasteiger partial charge in [0.05, 0.1) is 0 Å². The predicted molar refractivity (Wildman–Crippen MR) is 82.2 cm³/mol. The third-order valence-corrected chi connectivity index (χ3v) is 4.24. The Balaban J connectivity index is 1.59. The normalized spacial score (nSPS) is 23.3. The summed E-state index contributed by atoms with van der Waals surface area (Å²) in [5.74, 6) is -0.268. The van der Waals surface area contributed by atoms with Crippen LogP contribution in [0, 0.1) is 5.82 Å². The SMILES string of the molecule is N/C(=N\O[C@H]1CCN(C2CCOCC2)C1=O)c1ccc(F)cc1. The van der Waals surface area contributed by atoms with Crippen LogP contribution < -0.4 is 5.73 Å². The summed E-state index contributed by atoms with van der Waals surface area (Å²) in [5, 5.41) is 3.84. The molecule has 1 aromatic rings. The molecule has 6 nitrogen and oxygen atoms in total. The minimum atomic E-state index is -0.600. The zero-order valence-electron chi connectivity index (χ0n) is 12.8. The van der Waals surface area contributed by atoms with Gasteiger partial charge in [-0.25, -0.2) is 4.39 Å². The van der Waals surface area contributed by atoms with Gasteiger partial charge < -0.3 is 20.2 Å². The highest BCUT2D eigenvalue weighted by Gasteiger charge is 2.38. The summed E-state index contributed by atoms with van der Waals surface area (Å²) < 4.78 is 18.2. The van der Waals surface area contributed by atoms with E-state index < -0.39 is 6.10 Å². The third-order valence-electron chi connectivity index (χ3n) is 4.24. The standard InChI is InChI=1S/C16H20FN3O3/c17-12-3-1-11(2-4-12)15(18)19-23-14-5-8-20(16(14)21)13-6-9-22-10-7-13/h1-4,13-14H,5-10H2,(H2,18,19)/t14-/m0/s1. The predicted octanol–water partition coefficient (Wildman–Crippen LogP) is 1.24. The zero-order chi connectivity index (χ0) is 16.2. The Hall–Kier alpha value is -2.15. The molecule has 124 valence electrons. The topological polar surface area (TPSA) is 77.2 Å². The molecule has 2 N–H and O–H groups in total.